The number of hydrogen-bond acceptors (Lipinski definition) is 19. The molecule has 4 aromatic heterocycles. The van der Waals surface area contributed by atoms with Gasteiger partial charge in [0.05, 0.1) is 42.4 Å². The third-order valence-electron chi connectivity index (χ3n) is 17.2. The van der Waals surface area contributed by atoms with Crippen LogP contribution < -0.4 is 32.1 Å². The molecule has 0 bridgehead atoms. The number of halogens is 1. The highest BCUT2D eigenvalue weighted by Crippen LogP contribution is 2.44. The van der Waals surface area contributed by atoms with E-state index in [0.29, 0.717) is 52.7 Å². The summed E-state index contributed by atoms with van der Waals surface area (Å²) in [4.78, 5) is 164. The number of aromatic nitrogens is 6. The van der Waals surface area contributed by atoms with E-state index in [1.807, 2.05) is 78.9 Å². The monoisotopic (exact) mass is 1420 g/mol. The maximum Gasteiger partial charge on any atom is 0.326 e. The molecule has 5 heterocycles. The Morgan fingerprint density at radius 2 is 1.40 bits per heavy atom. The van der Waals surface area contributed by atoms with E-state index in [1.165, 1.54) is 39.9 Å². The van der Waals surface area contributed by atoms with Crippen LogP contribution in [0.3, 0.4) is 0 Å². The van der Waals surface area contributed by atoms with E-state index in [0.717, 1.165) is 43.7 Å². The number of rotatable bonds is 36. The molecule has 1 aliphatic heterocycles. The molecule has 0 spiro atoms. The number of aromatic amines is 3. The number of hydrogen-bond donors (Lipinski definition) is 11. The minimum atomic E-state index is -1.53. The zero-order valence-corrected chi connectivity index (χ0v) is 56.0. The second-order valence-electron chi connectivity index (χ2n) is 24.2. The molecule has 3 amide bonds. The van der Waals surface area contributed by atoms with Crippen molar-refractivity contribution in [3.63, 3.8) is 0 Å². The number of nitrogens with zero attached hydrogens (tertiary/aromatic N) is 4. The van der Waals surface area contributed by atoms with Gasteiger partial charge < -0.3 is 61.7 Å². The predicted octanol–water partition coefficient (Wildman–Crippen LogP) is 8.83. The number of unbranched alkanes of at least 4 members (excludes halogenated alkanes) is 1. The van der Waals surface area contributed by atoms with Crippen LogP contribution in [0, 0.1) is 11.8 Å². The predicted molar refractivity (Wildman–Crippen MR) is 377 cm³/mol. The third kappa shape index (κ3) is 18.4. The number of nitrogens with two attached hydrogens (primary N) is 1. The second kappa shape index (κ2) is 33.3. The number of fused-ring (bicyclic) bond motifs is 6. The van der Waals surface area contributed by atoms with Gasteiger partial charge in [-0.05, 0) is 114 Å². The number of esters is 1. The van der Waals surface area contributed by atoms with Crippen LogP contribution in [0.2, 0.25) is 0 Å². The number of H-pyrrole nitrogens is 3. The number of anilines is 3. The Morgan fingerprint density at radius 3 is 2.14 bits per heavy atom. The van der Waals surface area contributed by atoms with Gasteiger partial charge in [-0.3, -0.25) is 48.1 Å². The zero-order chi connectivity index (χ0) is 71.1. The molecule has 27 nitrogen and oxygen atoms in total. The van der Waals surface area contributed by atoms with E-state index >= 15 is 0 Å². The van der Waals surface area contributed by atoms with Gasteiger partial charge >= 0.3 is 29.8 Å². The number of ketones is 2. The summed E-state index contributed by atoms with van der Waals surface area (Å²) in [5.41, 5.74) is 11.5. The number of carbonyl (C=O) groups is 10. The fraction of sp³-hybridized carbons (Fsp3) is 0.314. The van der Waals surface area contributed by atoms with Crippen LogP contribution in [0.4, 0.5) is 17.3 Å². The fourth-order valence-corrected chi connectivity index (χ4v) is 14.4. The minimum Gasteiger partial charge on any atom is -0.481 e. The SMILES string of the molecule is Nc1nc2ncc(CNc3ccc(C(=O)N[C@H](CCC(=O)C[C@H](CCC(=O)N[C@H](CCCC[C@H](CSSCCOC(=O)Cc4cc5c(c6ccccc46)[C@@H](CCl)CN5C(=O)c4cc5cc(CC(=O)c6cc7ccccc7[nH]6)ccc5[nH]4)C(=O)O)C(=O)O)C(=O)O)C(=O)O)cc3)nc2c(=O)[nH]1. The average molecular weight is 1420 g/mol. The molecular formula is C70H70ClN11O16S2. The van der Waals surface area contributed by atoms with Crippen molar-refractivity contribution >= 4 is 153 Å². The Balaban J connectivity index is 0.621. The van der Waals surface area contributed by atoms with Crippen LogP contribution in [-0.4, -0.2) is 152 Å². The van der Waals surface area contributed by atoms with E-state index < -0.39 is 96.2 Å². The first-order chi connectivity index (χ1) is 48.1. The Bertz CT molecular complexity index is 4650. The number of ether oxygens (including phenoxy) is 1. The maximum atomic E-state index is 14.5. The Labute approximate surface area is 582 Å². The van der Waals surface area contributed by atoms with Gasteiger partial charge in [-0.15, -0.1) is 11.6 Å². The molecule has 1 aliphatic rings. The molecule has 0 saturated carbocycles. The van der Waals surface area contributed by atoms with Crippen molar-refractivity contribution in [2.24, 2.45) is 11.8 Å². The third-order valence-corrected chi connectivity index (χ3v) is 20.0. The number of nitrogens with one attached hydrogen (secondary N) is 6. The van der Waals surface area contributed by atoms with Crippen LogP contribution in [0.15, 0.2) is 120 Å². The first-order valence-electron chi connectivity index (χ1n) is 32.0. The first kappa shape index (κ1) is 72.1. The zero-order valence-electron chi connectivity index (χ0n) is 53.6. The van der Waals surface area contributed by atoms with Crippen LogP contribution >= 0.6 is 33.2 Å². The minimum absolute atomic E-state index is 0.00583. The summed E-state index contributed by atoms with van der Waals surface area (Å²) in [6.07, 6.45) is -0.0792. The molecule has 0 aliphatic carbocycles. The molecule has 0 unspecified atom stereocenters. The van der Waals surface area contributed by atoms with Gasteiger partial charge in [0.1, 0.15) is 30.2 Å². The van der Waals surface area contributed by atoms with Crippen molar-refractivity contribution in [3.8, 4) is 0 Å². The molecular weight excluding hydrogens is 1350 g/mol. The molecule has 30 heteroatoms. The molecule has 12 N–H and O–H groups in total. The quantitative estimate of drug-likeness (QED) is 0.00574. The number of carboxylic acids is 4. The molecule has 0 radical (unpaired) electrons. The standard InChI is InChI=1S/C70H70ClN11O16S2/c71-32-44-35-82(65(89)55-29-43-25-37(13-20-51(43)77-55)26-57(84)54-28-39-7-1-5-11-50(39)76-54)56-30-42(48-9-3-4-10-49(48)60(44)56)31-59(86)98-23-24-99-100-36-41(67(92)93)8-2-6-12-52(68(94)95)78-58(85)22-16-40(66(90)91)27-47(83)19-21-53(69(96)97)79-63(87)38-14-17-45(18-15-38)73-33-46-34-74-62-61(75-46)64(88)81-70(72)80-62/h1,3-5,7,9-11,13-15,17-18,20,25,28-30,34,40-41,44,52-53,73,76-77H,2,6,8,12,16,19,21-24,26-27,31-33,35-36H2,(H,78,85)(H,79,87)(H,90,91)(H,92,93)(H,94,95)(H,96,97)(H3,72,74,80,81,88)/t40-,41+,44-,52+,53+/m0/s1. The summed E-state index contributed by atoms with van der Waals surface area (Å²) in [5.74, 6) is -10.1. The highest BCUT2D eigenvalue weighted by atomic mass is 35.5. The summed E-state index contributed by atoms with van der Waals surface area (Å²) < 4.78 is 5.65. The number of aliphatic carboxylic acids is 4. The number of amides is 3. The maximum absolute atomic E-state index is 14.5. The number of para-hydroxylation sites is 1. The first-order valence-corrected chi connectivity index (χ1v) is 35.0. The van der Waals surface area contributed by atoms with Gasteiger partial charge in [0.2, 0.25) is 11.9 Å². The second-order valence-corrected chi connectivity index (χ2v) is 27.1. The van der Waals surface area contributed by atoms with Crippen molar-refractivity contribution in [3.05, 3.63) is 165 Å². The van der Waals surface area contributed by atoms with Crippen molar-refractivity contribution < 1.29 is 73.1 Å². The van der Waals surface area contributed by atoms with Crippen molar-refractivity contribution in [2.75, 3.05) is 46.5 Å². The lowest BCUT2D eigenvalue weighted by atomic mass is 9.92. The highest BCUT2D eigenvalue weighted by Gasteiger charge is 2.36. The molecule has 520 valence electrons. The number of nitrogen functional groups attached to an aromatic ring is 1. The molecule has 5 atom stereocenters. The van der Waals surface area contributed by atoms with Gasteiger partial charge in [0.25, 0.3) is 17.4 Å². The van der Waals surface area contributed by atoms with E-state index in [2.05, 4.69) is 45.9 Å². The van der Waals surface area contributed by atoms with Crippen LogP contribution in [0.1, 0.15) is 117 Å². The highest BCUT2D eigenvalue weighted by molar-refractivity contribution is 8.76. The Hall–Kier alpha value is -10.6. The Kier molecular flexibility index (Phi) is 24.0. The van der Waals surface area contributed by atoms with Gasteiger partial charge in [-0.2, -0.15) is 4.98 Å². The molecule has 0 saturated heterocycles. The smallest absolute Gasteiger partial charge is 0.326 e. The van der Waals surface area contributed by atoms with Gasteiger partial charge in [-0.25, -0.2) is 19.6 Å². The number of benzene rings is 5. The normalized spacial score (nSPS) is 13.9. The van der Waals surface area contributed by atoms with Crippen LogP contribution in [-0.2, 0) is 57.7 Å². The topological polar surface area (TPSA) is 429 Å². The Morgan fingerprint density at radius 1 is 0.700 bits per heavy atom. The fourth-order valence-electron chi connectivity index (χ4n) is 12.0. The van der Waals surface area contributed by atoms with Crippen molar-refractivity contribution in [1.29, 1.82) is 0 Å². The van der Waals surface area contributed by atoms with Gasteiger partial charge in [-0.1, -0.05) is 83.0 Å². The molecule has 100 heavy (non-hydrogen) atoms. The molecule has 10 rings (SSSR count). The lowest BCUT2D eigenvalue weighted by molar-refractivity contribution is -0.145. The summed E-state index contributed by atoms with van der Waals surface area (Å²) in [7, 11) is 2.60. The van der Waals surface area contributed by atoms with E-state index in [9.17, 15) is 73.2 Å². The van der Waals surface area contributed by atoms with Crippen molar-refractivity contribution in [2.45, 2.75) is 95.2 Å². The van der Waals surface area contributed by atoms with Crippen molar-refractivity contribution in [1.82, 2.24) is 40.5 Å². The number of alkyl halides is 1. The van der Waals surface area contributed by atoms with Crippen LogP contribution in [0.25, 0.3) is 43.7 Å². The van der Waals surface area contributed by atoms with E-state index in [-0.39, 0.29) is 110 Å². The van der Waals surface area contributed by atoms with E-state index in [4.69, 9.17) is 22.1 Å². The summed E-state index contributed by atoms with van der Waals surface area (Å²) >= 11 is 6.58. The lowest BCUT2D eigenvalue weighted by Crippen LogP contribution is -2.41. The van der Waals surface area contributed by atoms with Crippen LogP contribution in [0.5, 0.6) is 0 Å². The molecule has 5 aromatic carbocycles. The summed E-state index contributed by atoms with van der Waals surface area (Å²) in [6.45, 7) is 0.471. The average Bonchev–Trinajstić information content (AvgIpc) is 1.56. The summed E-state index contributed by atoms with van der Waals surface area (Å²) in [5, 5.41) is 50.8. The summed E-state index contributed by atoms with van der Waals surface area (Å²) in [6, 6.07) is 29.4. The van der Waals surface area contributed by atoms with Gasteiger partial charge in [0, 0.05) is 94.3 Å². The number of carbonyl (C=O) groups excluding carboxylic acids is 6. The lowest BCUT2D eigenvalue weighted by Gasteiger charge is -2.19. The van der Waals surface area contributed by atoms with E-state index in [1.54, 1.807) is 23.1 Å². The molecule has 0 fully saturated rings. The molecule has 9 aromatic rings. The van der Waals surface area contributed by atoms with Gasteiger partial charge in [0.15, 0.2) is 16.9 Å². The number of Topliss-reactive ketones (excluding diaryl/α,β-unsaturated/α-hetero) is 2. The number of carboxylic acid groups (broad SMARTS) is 4. The largest absolute Gasteiger partial charge is 0.481 e.